The Bertz CT molecular complexity index is 356. The molecule has 100 valence electrons. The lowest BCUT2D eigenvalue weighted by molar-refractivity contribution is -0.118. The van der Waals surface area contributed by atoms with E-state index in [2.05, 4.69) is 21.2 Å². The first-order valence-electron chi connectivity index (χ1n) is 5.93. The molecular weight excluding hydrogens is 306 g/mol. The number of hydrogen-bond acceptors (Lipinski definition) is 3. The minimum absolute atomic E-state index is 0.383. The maximum Gasteiger partial charge on any atom is 0.235 e. The van der Waals surface area contributed by atoms with Gasteiger partial charge in [0.05, 0.1) is 0 Å². The van der Waals surface area contributed by atoms with Crippen LogP contribution in [0.5, 0.6) is 0 Å². The van der Waals surface area contributed by atoms with Gasteiger partial charge in [-0.25, -0.2) is 8.42 Å². The van der Waals surface area contributed by atoms with Crippen molar-refractivity contribution < 1.29 is 13.2 Å². The molecule has 2 atom stereocenters. The van der Waals surface area contributed by atoms with Gasteiger partial charge in [0, 0.05) is 18.1 Å². The summed E-state index contributed by atoms with van der Waals surface area (Å²) in [5.41, 5.74) is 0. The van der Waals surface area contributed by atoms with Crippen LogP contribution in [0.1, 0.15) is 25.7 Å². The van der Waals surface area contributed by atoms with E-state index < -0.39 is 15.6 Å². The molecule has 0 heterocycles. The lowest BCUT2D eigenvalue weighted by Gasteiger charge is -2.30. The van der Waals surface area contributed by atoms with Crippen LogP contribution in [0.25, 0.3) is 0 Å². The monoisotopic (exact) mass is 325 g/mol. The topological polar surface area (TPSA) is 63.2 Å². The summed E-state index contributed by atoms with van der Waals surface area (Å²) < 4.78 is 21.9. The minimum Gasteiger partial charge on any atom is -0.355 e. The third-order valence-electron chi connectivity index (χ3n) is 3.22. The molecule has 1 amide bonds. The van der Waals surface area contributed by atoms with Gasteiger partial charge in [0.2, 0.25) is 5.91 Å². The number of halogens is 1. The fraction of sp³-hybridized carbons (Fsp3) is 0.909. The standard InChI is InChI=1S/C11H20BrNO3S/c1-17(15,16)8-11(14)13-7-10-5-3-2-4-9(10)6-12/h9-10H,2-8H2,1H3,(H,13,14). The van der Waals surface area contributed by atoms with Gasteiger partial charge in [-0.2, -0.15) is 0 Å². The van der Waals surface area contributed by atoms with Gasteiger partial charge in [-0.05, 0) is 24.7 Å². The highest BCUT2D eigenvalue weighted by Gasteiger charge is 2.24. The van der Waals surface area contributed by atoms with Crippen molar-refractivity contribution in [1.82, 2.24) is 5.32 Å². The van der Waals surface area contributed by atoms with Crippen LogP contribution in [0.3, 0.4) is 0 Å². The molecule has 1 saturated carbocycles. The number of nitrogens with one attached hydrogen (secondary N) is 1. The molecule has 4 nitrogen and oxygen atoms in total. The second-order valence-corrected chi connectivity index (χ2v) is 7.62. The maximum absolute atomic E-state index is 11.4. The Morgan fingerprint density at radius 1 is 1.29 bits per heavy atom. The van der Waals surface area contributed by atoms with Gasteiger partial charge in [0.15, 0.2) is 9.84 Å². The third-order valence-corrected chi connectivity index (χ3v) is 4.84. The molecule has 0 aromatic rings. The quantitative estimate of drug-likeness (QED) is 0.776. The van der Waals surface area contributed by atoms with Crippen LogP contribution in [-0.2, 0) is 14.6 Å². The summed E-state index contributed by atoms with van der Waals surface area (Å²) in [6.45, 7) is 0.602. The Balaban J connectivity index is 2.36. The van der Waals surface area contributed by atoms with Crippen molar-refractivity contribution in [3.8, 4) is 0 Å². The molecule has 2 unspecified atom stereocenters. The normalized spacial score (nSPS) is 25.5. The average Bonchev–Trinajstić information content (AvgIpc) is 2.24. The molecule has 0 bridgehead atoms. The van der Waals surface area contributed by atoms with Gasteiger partial charge in [0.25, 0.3) is 0 Å². The number of carbonyl (C=O) groups excluding carboxylic acids is 1. The zero-order chi connectivity index (χ0) is 12.9. The lowest BCUT2D eigenvalue weighted by Crippen LogP contribution is -2.37. The highest BCUT2D eigenvalue weighted by Crippen LogP contribution is 2.30. The fourth-order valence-electron chi connectivity index (χ4n) is 2.29. The summed E-state index contributed by atoms with van der Waals surface area (Å²) in [6, 6.07) is 0. The Labute approximate surface area is 112 Å². The van der Waals surface area contributed by atoms with Crippen LogP contribution >= 0.6 is 15.9 Å². The van der Waals surface area contributed by atoms with E-state index in [4.69, 9.17) is 0 Å². The predicted octanol–water partition coefficient (Wildman–Crippen LogP) is 1.35. The van der Waals surface area contributed by atoms with Gasteiger partial charge in [-0.3, -0.25) is 4.79 Å². The molecule has 0 spiro atoms. The van der Waals surface area contributed by atoms with Gasteiger partial charge < -0.3 is 5.32 Å². The second-order valence-electron chi connectivity index (χ2n) is 4.83. The van der Waals surface area contributed by atoms with Gasteiger partial charge in [-0.15, -0.1) is 0 Å². The molecule has 0 saturated heterocycles. The van der Waals surface area contributed by atoms with Crippen LogP contribution in [0, 0.1) is 11.8 Å². The number of rotatable bonds is 5. The van der Waals surface area contributed by atoms with E-state index in [-0.39, 0.29) is 5.91 Å². The Morgan fingerprint density at radius 2 is 1.88 bits per heavy atom. The van der Waals surface area contributed by atoms with Crippen LogP contribution in [0.4, 0.5) is 0 Å². The van der Waals surface area contributed by atoms with Crippen LogP contribution in [0.2, 0.25) is 0 Å². The van der Waals surface area contributed by atoms with Crippen LogP contribution < -0.4 is 5.32 Å². The molecule has 0 aromatic carbocycles. The Kier molecular flexibility index (Phi) is 5.92. The van der Waals surface area contributed by atoms with E-state index in [0.29, 0.717) is 18.4 Å². The van der Waals surface area contributed by atoms with Gasteiger partial charge in [-0.1, -0.05) is 28.8 Å². The molecule has 6 heteroatoms. The SMILES string of the molecule is CS(=O)(=O)CC(=O)NCC1CCCCC1CBr. The van der Waals surface area contributed by atoms with E-state index in [1.165, 1.54) is 19.3 Å². The fourth-order valence-corrected chi connectivity index (χ4v) is 3.72. The molecular formula is C11H20BrNO3S. The van der Waals surface area contributed by atoms with E-state index in [0.717, 1.165) is 18.0 Å². The Hall–Kier alpha value is -0.100. The third kappa shape index (κ3) is 5.86. The number of amides is 1. The lowest BCUT2D eigenvalue weighted by atomic mass is 9.80. The molecule has 1 aliphatic carbocycles. The maximum atomic E-state index is 11.4. The van der Waals surface area contributed by atoms with Crippen molar-refractivity contribution in [3.05, 3.63) is 0 Å². The first kappa shape index (κ1) is 15.0. The summed E-state index contributed by atoms with van der Waals surface area (Å²) >= 11 is 3.50. The highest BCUT2D eigenvalue weighted by atomic mass is 79.9. The Morgan fingerprint density at radius 3 is 2.41 bits per heavy atom. The predicted molar refractivity (Wildman–Crippen MR) is 72.0 cm³/mol. The summed E-state index contributed by atoms with van der Waals surface area (Å²) in [4.78, 5) is 11.4. The summed E-state index contributed by atoms with van der Waals surface area (Å²) in [6.07, 6.45) is 5.85. The van der Waals surface area contributed by atoms with E-state index in [1.54, 1.807) is 0 Å². The smallest absolute Gasteiger partial charge is 0.235 e. The van der Waals surface area contributed by atoms with Crippen molar-refractivity contribution in [2.75, 3.05) is 23.9 Å². The van der Waals surface area contributed by atoms with E-state index in [9.17, 15) is 13.2 Å². The number of hydrogen-bond donors (Lipinski definition) is 1. The molecule has 17 heavy (non-hydrogen) atoms. The van der Waals surface area contributed by atoms with E-state index in [1.807, 2.05) is 0 Å². The number of sulfone groups is 1. The van der Waals surface area contributed by atoms with Gasteiger partial charge in [0.1, 0.15) is 5.75 Å². The molecule has 1 fully saturated rings. The molecule has 1 rings (SSSR count). The number of alkyl halides is 1. The van der Waals surface area contributed by atoms with Gasteiger partial charge >= 0.3 is 0 Å². The largest absolute Gasteiger partial charge is 0.355 e. The molecule has 0 aliphatic heterocycles. The first-order valence-corrected chi connectivity index (χ1v) is 9.11. The summed E-state index contributed by atoms with van der Waals surface area (Å²) in [7, 11) is -3.22. The number of carbonyl (C=O) groups is 1. The van der Waals surface area contributed by atoms with E-state index >= 15 is 0 Å². The summed E-state index contributed by atoms with van der Waals surface area (Å²) in [5.74, 6) is 0.291. The zero-order valence-corrected chi connectivity index (χ0v) is 12.5. The van der Waals surface area contributed by atoms with Crippen molar-refractivity contribution in [2.24, 2.45) is 11.8 Å². The summed E-state index contributed by atoms with van der Waals surface area (Å²) in [5, 5.41) is 3.69. The van der Waals surface area contributed by atoms with Crippen molar-refractivity contribution in [3.63, 3.8) is 0 Å². The average molecular weight is 326 g/mol. The molecule has 1 aliphatic rings. The van der Waals surface area contributed by atoms with Crippen molar-refractivity contribution in [2.45, 2.75) is 25.7 Å². The molecule has 1 N–H and O–H groups in total. The first-order chi connectivity index (χ1) is 7.92. The molecule has 0 aromatic heterocycles. The van der Waals surface area contributed by atoms with Crippen LogP contribution in [0.15, 0.2) is 0 Å². The highest BCUT2D eigenvalue weighted by molar-refractivity contribution is 9.09. The minimum atomic E-state index is -3.22. The van der Waals surface area contributed by atoms with Crippen molar-refractivity contribution in [1.29, 1.82) is 0 Å². The second kappa shape index (κ2) is 6.73. The van der Waals surface area contributed by atoms with Crippen LogP contribution in [-0.4, -0.2) is 38.2 Å². The zero-order valence-electron chi connectivity index (χ0n) is 10.1. The van der Waals surface area contributed by atoms with Crippen molar-refractivity contribution >= 4 is 31.7 Å². The molecule has 0 radical (unpaired) electrons.